The molecule has 3 heterocycles. The van der Waals surface area contributed by atoms with Gasteiger partial charge in [0, 0.05) is 18.0 Å². The smallest absolute Gasteiger partial charge is 0.213 e. The summed E-state index contributed by atoms with van der Waals surface area (Å²) in [6.07, 6.45) is -0.133. The quantitative estimate of drug-likeness (QED) is 0.666. The molecule has 1 aliphatic heterocycles. The van der Waals surface area contributed by atoms with Gasteiger partial charge in [-0.2, -0.15) is 9.78 Å². The molecule has 1 aromatic carbocycles. The van der Waals surface area contributed by atoms with Gasteiger partial charge in [-0.3, -0.25) is 0 Å². The molecule has 26 heavy (non-hydrogen) atoms. The number of aliphatic carboxylic acids is 1. The van der Waals surface area contributed by atoms with Gasteiger partial charge < -0.3 is 14.6 Å². The Morgan fingerprint density at radius 1 is 1.27 bits per heavy atom. The highest BCUT2D eigenvalue weighted by Gasteiger charge is 2.29. The first kappa shape index (κ1) is 16.8. The number of carbonyl (C=O) groups is 1. The highest BCUT2D eigenvalue weighted by Crippen LogP contribution is 2.35. The third kappa shape index (κ3) is 3.11. The zero-order valence-corrected chi connectivity index (χ0v) is 15.3. The summed E-state index contributed by atoms with van der Waals surface area (Å²) < 4.78 is 6.84. The maximum atomic E-state index is 11.2. The third-order valence-corrected chi connectivity index (χ3v) is 5.88. The Morgan fingerprint density at radius 3 is 2.73 bits per heavy atom. The minimum atomic E-state index is -1.12. The van der Waals surface area contributed by atoms with Crippen molar-refractivity contribution >= 4 is 34.8 Å². The van der Waals surface area contributed by atoms with Crippen molar-refractivity contribution in [2.75, 3.05) is 7.11 Å². The average Bonchev–Trinajstić information content (AvgIpc) is 3.30. The SMILES string of the molecule is COc1ccc(-c2nnc3n2N=C(c2cccs2)[C@H](CC(=O)[O-])S3)cc1. The molecule has 0 amide bonds. The molecule has 0 unspecified atom stereocenters. The number of rotatable bonds is 5. The van der Waals surface area contributed by atoms with E-state index in [1.54, 1.807) is 11.8 Å². The molecule has 3 aromatic rings. The van der Waals surface area contributed by atoms with Crippen LogP contribution in [0.15, 0.2) is 52.0 Å². The predicted molar refractivity (Wildman–Crippen MR) is 97.5 cm³/mol. The van der Waals surface area contributed by atoms with E-state index in [-0.39, 0.29) is 11.7 Å². The van der Waals surface area contributed by atoms with Crippen molar-refractivity contribution in [1.29, 1.82) is 0 Å². The van der Waals surface area contributed by atoms with Crippen LogP contribution in [0.5, 0.6) is 5.75 Å². The van der Waals surface area contributed by atoms with E-state index < -0.39 is 5.97 Å². The van der Waals surface area contributed by atoms with Gasteiger partial charge in [0.1, 0.15) is 5.75 Å². The second kappa shape index (κ2) is 6.93. The highest BCUT2D eigenvalue weighted by molar-refractivity contribution is 8.00. The number of fused-ring (bicyclic) bond motifs is 1. The van der Waals surface area contributed by atoms with E-state index in [9.17, 15) is 9.90 Å². The van der Waals surface area contributed by atoms with Crippen LogP contribution in [0.3, 0.4) is 0 Å². The molecule has 0 fully saturated rings. The topological polar surface area (TPSA) is 92.4 Å². The molecule has 0 N–H and O–H groups in total. The minimum Gasteiger partial charge on any atom is -0.550 e. The number of methoxy groups -OCH3 is 1. The molecular weight excluding hydrogens is 372 g/mol. The van der Waals surface area contributed by atoms with Crippen LogP contribution in [0, 0.1) is 0 Å². The van der Waals surface area contributed by atoms with Crippen molar-refractivity contribution < 1.29 is 14.6 Å². The Kier molecular flexibility index (Phi) is 4.48. The second-order valence-corrected chi connectivity index (χ2v) is 7.61. The summed E-state index contributed by atoms with van der Waals surface area (Å²) in [5.74, 6) is 0.226. The maximum Gasteiger partial charge on any atom is 0.213 e. The standard InChI is InChI=1S/C17H14N4O3S2/c1-24-11-6-4-10(5-7-11)16-18-19-17-21(16)20-15(12-3-2-8-25-12)13(26-17)9-14(22)23/h2-8,13H,9H2,1H3,(H,22,23)/p-1/t13-/m0/s1. The lowest BCUT2D eigenvalue weighted by atomic mass is 10.1. The number of thioether (sulfide) groups is 1. The number of hydrogen-bond acceptors (Lipinski definition) is 8. The van der Waals surface area contributed by atoms with Crippen LogP contribution in [0.25, 0.3) is 11.4 Å². The number of ether oxygens (including phenoxy) is 1. The molecule has 1 atom stereocenters. The van der Waals surface area contributed by atoms with Crippen molar-refractivity contribution in [2.24, 2.45) is 5.10 Å². The molecule has 1 aliphatic rings. The predicted octanol–water partition coefficient (Wildman–Crippen LogP) is 1.88. The number of nitrogens with zero attached hydrogens (tertiary/aromatic N) is 4. The Balaban J connectivity index is 1.78. The van der Waals surface area contributed by atoms with Gasteiger partial charge in [0.05, 0.1) is 22.9 Å². The first-order chi connectivity index (χ1) is 12.7. The summed E-state index contributed by atoms with van der Waals surface area (Å²) in [5, 5.41) is 26.4. The molecule has 4 rings (SSSR count). The highest BCUT2D eigenvalue weighted by atomic mass is 32.2. The minimum absolute atomic E-state index is 0.133. The summed E-state index contributed by atoms with van der Waals surface area (Å²) in [4.78, 5) is 12.1. The molecule has 9 heteroatoms. The van der Waals surface area contributed by atoms with Gasteiger partial charge in [-0.1, -0.05) is 17.8 Å². The first-order valence-corrected chi connectivity index (χ1v) is 9.50. The van der Waals surface area contributed by atoms with E-state index in [0.29, 0.717) is 16.7 Å². The molecule has 0 spiro atoms. The maximum absolute atomic E-state index is 11.2. The lowest BCUT2D eigenvalue weighted by Crippen LogP contribution is -2.32. The normalized spacial score (nSPS) is 16.0. The zero-order valence-electron chi connectivity index (χ0n) is 13.7. The van der Waals surface area contributed by atoms with Crippen LogP contribution in [-0.4, -0.2) is 38.9 Å². The fourth-order valence-electron chi connectivity index (χ4n) is 2.63. The monoisotopic (exact) mass is 385 g/mol. The molecule has 0 bridgehead atoms. The number of aromatic nitrogens is 3. The molecule has 0 saturated heterocycles. The first-order valence-electron chi connectivity index (χ1n) is 7.75. The molecule has 0 radical (unpaired) electrons. The number of benzene rings is 1. The third-order valence-electron chi connectivity index (χ3n) is 3.85. The van der Waals surface area contributed by atoms with Crippen molar-refractivity contribution in [3.8, 4) is 17.1 Å². The lowest BCUT2D eigenvalue weighted by Gasteiger charge is -2.22. The van der Waals surface area contributed by atoms with E-state index in [4.69, 9.17) is 4.74 Å². The second-order valence-electron chi connectivity index (χ2n) is 5.49. The van der Waals surface area contributed by atoms with Crippen LogP contribution in [0.1, 0.15) is 11.3 Å². The van der Waals surface area contributed by atoms with Crippen molar-refractivity contribution in [1.82, 2.24) is 14.9 Å². The molecule has 132 valence electrons. The fraction of sp³-hybridized carbons (Fsp3) is 0.176. The van der Waals surface area contributed by atoms with E-state index in [2.05, 4.69) is 15.3 Å². The number of hydrogen-bond donors (Lipinski definition) is 0. The fourth-order valence-corrected chi connectivity index (χ4v) is 4.54. The number of carboxylic acids is 1. The summed E-state index contributed by atoms with van der Waals surface area (Å²) in [7, 11) is 1.61. The van der Waals surface area contributed by atoms with E-state index in [1.165, 1.54) is 23.1 Å². The van der Waals surface area contributed by atoms with Crippen molar-refractivity contribution in [3.63, 3.8) is 0 Å². The van der Waals surface area contributed by atoms with E-state index in [1.807, 2.05) is 41.8 Å². The Morgan fingerprint density at radius 2 is 2.08 bits per heavy atom. The molecule has 2 aromatic heterocycles. The van der Waals surface area contributed by atoms with Crippen molar-refractivity contribution in [2.45, 2.75) is 16.8 Å². The van der Waals surface area contributed by atoms with Crippen LogP contribution in [0.4, 0.5) is 0 Å². The number of carboxylic acid groups (broad SMARTS) is 1. The summed E-state index contributed by atoms with van der Waals surface area (Å²) in [6.45, 7) is 0. The van der Waals surface area contributed by atoms with Crippen LogP contribution in [0.2, 0.25) is 0 Å². The number of thiophene rings is 1. The average molecular weight is 385 g/mol. The molecular formula is C17H13N4O3S2-. The lowest BCUT2D eigenvalue weighted by molar-refractivity contribution is -0.305. The Hall–Kier alpha value is -2.65. The van der Waals surface area contributed by atoms with Gasteiger partial charge in [0.15, 0.2) is 5.82 Å². The van der Waals surface area contributed by atoms with Crippen LogP contribution in [-0.2, 0) is 4.79 Å². The molecule has 0 aliphatic carbocycles. The zero-order chi connectivity index (χ0) is 18.1. The van der Waals surface area contributed by atoms with E-state index in [0.717, 1.165) is 16.2 Å². The van der Waals surface area contributed by atoms with Crippen LogP contribution < -0.4 is 9.84 Å². The van der Waals surface area contributed by atoms with Crippen LogP contribution >= 0.6 is 23.1 Å². The van der Waals surface area contributed by atoms with Gasteiger partial charge in [0.2, 0.25) is 5.16 Å². The van der Waals surface area contributed by atoms with Gasteiger partial charge >= 0.3 is 0 Å². The molecule has 7 nitrogen and oxygen atoms in total. The van der Waals surface area contributed by atoms with Gasteiger partial charge in [0.25, 0.3) is 0 Å². The Bertz CT molecular complexity index is 965. The van der Waals surface area contributed by atoms with Crippen molar-refractivity contribution in [3.05, 3.63) is 46.7 Å². The summed E-state index contributed by atoms with van der Waals surface area (Å²) in [5.41, 5.74) is 1.54. The van der Waals surface area contributed by atoms with Gasteiger partial charge in [-0.05, 0) is 35.7 Å². The summed E-state index contributed by atoms with van der Waals surface area (Å²) in [6, 6.07) is 11.3. The van der Waals surface area contributed by atoms with Gasteiger partial charge in [-0.15, -0.1) is 21.5 Å². The Labute approximate surface area is 157 Å². The van der Waals surface area contributed by atoms with Gasteiger partial charge in [-0.25, -0.2) is 0 Å². The summed E-state index contributed by atoms with van der Waals surface area (Å²) >= 11 is 2.85. The van der Waals surface area contributed by atoms with E-state index >= 15 is 0 Å². The number of carbonyl (C=O) groups excluding carboxylic acids is 1. The molecule has 0 saturated carbocycles. The largest absolute Gasteiger partial charge is 0.550 e.